The fraction of sp³-hybridized carbons (Fsp3) is 0.0769. The van der Waals surface area contributed by atoms with E-state index in [4.69, 9.17) is 5.73 Å². The number of hydrogen-bond acceptors (Lipinski definition) is 2. The summed E-state index contributed by atoms with van der Waals surface area (Å²) in [4.78, 5) is 0. The standard InChI is InChI=1S/C13H11F3N2/c14-9-5-11(16)13(17)12(6-9)18-7-8-3-1-2-4-10(8)15/h1-6,18H,7,17H2. The molecule has 0 saturated carbocycles. The third-order valence-electron chi connectivity index (χ3n) is 2.52. The lowest BCUT2D eigenvalue weighted by Gasteiger charge is -2.10. The average Bonchev–Trinajstić information content (AvgIpc) is 2.33. The molecule has 0 heterocycles. The summed E-state index contributed by atoms with van der Waals surface area (Å²) in [6.45, 7) is 0.0970. The maximum absolute atomic E-state index is 13.3. The Morgan fingerprint density at radius 2 is 1.72 bits per heavy atom. The van der Waals surface area contributed by atoms with E-state index in [2.05, 4.69) is 5.32 Å². The summed E-state index contributed by atoms with van der Waals surface area (Å²) in [5.41, 5.74) is 5.77. The van der Waals surface area contributed by atoms with E-state index in [0.29, 0.717) is 11.6 Å². The minimum absolute atomic E-state index is 0.0970. The predicted molar refractivity (Wildman–Crippen MR) is 64.5 cm³/mol. The zero-order valence-corrected chi connectivity index (χ0v) is 9.38. The third kappa shape index (κ3) is 2.56. The van der Waals surface area contributed by atoms with Crippen molar-refractivity contribution in [2.75, 3.05) is 11.1 Å². The van der Waals surface area contributed by atoms with Crippen LogP contribution in [0.25, 0.3) is 0 Å². The molecule has 0 aliphatic carbocycles. The summed E-state index contributed by atoms with van der Waals surface area (Å²) in [5.74, 6) is -1.97. The second kappa shape index (κ2) is 5.00. The van der Waals surface area contributed by atoms with Crippen LogP contribution in [-0.4, -0.2) is 0 Å². The third-order valence-corrected chi connectivity index (χ3v) is 2.52. The van der Waals surface area contributed by atoms with Crippen LogP contribution in [0.2, 0.25) is 0 Å². The lowest BCUT2D eigenvalue weighted by atomic mass is 10.2. The number of nitrogens with one attached hydrogen (secondary N) is 1. The second-order valence-corrected chi connectivity index (χ2v) is 3.79. The van der Waals surface area contributed by atoms with Crippen LogP contribution in [0.3, 0.4) is 0 Å². The van der Waals surface area contributed by atoms with Gasteiger partial charge in [-0.1, -0.05) is 18.2 Å². The van der Waals surface area contributed by atoms with Gasteiger partial charge in [0, 0.05) is 18.2 Å². The van der Waals surface area contributed by atoms with Crippen LogP contribution < -0.4 is 11.1 Å². The van der Waals surface area contributed by atoms with Gasteiger partial charge in [-0.25, -0.2) is 13.2 Å². The predicted octanol–water partition coefficient (Wildman–Crippen LogP) is 3.30. The molecule has 0 aromatic heterocycles. The quantitative estimate of drug-likeness (QED) is 0.822. The van der Waals surface area contributed by atoms with Crippen molar-refractivity contribution in [3.8, 4) is 0 Å². The van der Waals surface area contributed by atoms with E-state index in [0.717, 1.165) is 6.07 Å². The lowest BCUT2D eigenvalue weighted by Crippen LogP contribution is -2.06. The molecule has 2 nitrogen and oxygen atoms in total. The Kier molecular flexibility index (Phi) is 3.41. The fourth-order valence-electron chi connectivity index (χ4n) is 1.56. The summed E-state index contributed by atoms with van der Waals surface area (Å²) < 4.78 is 39.5. The Balaban J connectivity index is 2.18. The van der Waals surface area contributed by atoms with Gasteiger partial charge in [0.15, 0.2) is 5.82 Å². The monoisotopic (exact) mass is 252 g/mol. The van der Waals surface area contributed by atoms with Crippen molar-refractivity contribution in [1.29, 1.82) is 0 Å². The number of anilines is 2. The molecule has 0 aliphatic rings. The molecule has 0 amide bonds. The molecule has 2 aromatic carbocycles. The molecule has 0 fully saturated rings. The zero-order valence-electron chi connectivity index (χ0n) is 9.38. The highest BCUT2D eigenvalue weighted by atomic mass is 19.1. The summed E-state index contributed by atoms with van der Waals surface area (Å²) in [6, 6.07) is 7.90. The Bertz CT molecular complexity index is 570. The lowest BCUT2D eigenvalue weighted by molar-refractivity contribution is 0.587. The number of rotatable bonds is 3. The van der Waals surface area contributed by atoms with Gasteiger partial charge < -0.3 is 11.1 Å². The minimum Gasteiger partial charge on any atom is -0.395 e. The number of nitrogen functional groups attached to an aromatic ring is 1. The van der Waals surface area contributed by atoms with Crippen molar-refractivity contribution in [2.45, 2.75) is 6.54 Å². The van der Waals surface area contributed by atoms with Crippen molar-refractivity contribution in [3.05, 3.63) is 59.4 Å². The first-order valence-corrected chi connectivity index (χ1v) is 5.29. The first-order valence-electron chi connectivity index (χ1n) is 5.29. The highest BCUT2D eigenvalue weighted by Crippen LogP contribution is 2.24. The number of benzene rings is 2. The number of halogens is 3. The molecule has 5 heteroatoms. The van der Waals surface area contributed by atoms with Crippen molar-refractivity contribution >= 4 is 11.4 Å². The summed E-state index contributed by atoms with van der Waals surface area (Å²) >= 11 is 0. The van der Waals surface area contributed by atoms with E-state index in [1.807, 2.05) is 0 Å². The van der Waals surface area contributed by atoms with Crippen LogP contribution in [0, 0.1) is 17.5 Å². The van der Waals surface area contributed by atoms with Gasteiger partial charge in [-0.3, -0.25) is 0 Å². The van der Waals surface area contributed by atoms with E-state index in [1.54, 1.807) is 18.2 Å². The minimum atomic E-state index is -0.842. The van der Waals surface area contributed by atoms with E-state index in [1.165, 1.54) is 6.07 Å². The highest BCUT2D eigenvalue weighted by molar-refractivity contribution is 5.66. The SMILES string of the molecule is Nc1c(F)cc(F)cc1NCc1ccccc1F. The molecule has 0 radical (unpaired) electrons. The molecule has 0 spiro atoms. The topological polar surface area (TPSA) is 38.0 Å². The average molecular weight is 252 g/mol. The van der Waals surface area contributed by atoms with E-state index in [9.17, 15) is 13.2 Å². The second-order valence-electron chi connectivity index (χ2n) is 3.79. The van der Waals surface area contributed by atoms with Crippen LogP contribution in [0.5, 0.6) is 0 Å². The Morgan fingerprint density at radius 3 is 2.44 bits per heavy atom. The van der Waals surface area contributed by atoms with Gasteiger partial charge in [-0.05, 0) is 12.1 Å². The van der Waals surface area contributed by atoms with Crippen LogP contribution in [0.1, 0.15) is 5.56 Å². The fourth-order valence-corrected chi connectivity index (χ4v) is 1.56. The van der Waals surface area contributed by atoms with Crippen LogP contribution in [0.4, 0.5) is 24.5 Å². The van der Waals surface area contributed by atoms with Crippen molar-refractivity contribution in [2.24, 2.45) is 0 Å². The van der Waals surface area contributed by atoms with E-state index >= 15 is 0 Å². The first kappa shape index (κ1) is 12.3. The maximum Gasteiger partial charge on any atom is 0.151 e. The normalized spacial score (nSPS) is 10.4. The van der Waals surface area contributed by atoms with Gasteiger partial charge in [0.25, 0.3) is 0 Å². The largest absolute Gasteiger partial charge is 0.395 e. The Labute approximate surface area is 102 Å². The Hall–Kier alpha value is -2.17. The molecule has 18 heavy (non-hydrogen) atoms. The van der Waals surface area contributed by atoms with Crippen molar-refractivity contribution in [1.82, 2.24) is 0 Å². The number of hydrogen-bond donors (Lipinski definition) is 2. The summed E-state index contributed by atoms with van der Waals surface area (Å²) in [7, 11) is 0. The first-order chi connectivity index (χ1) is 8.58. The smallest absolute Gasteiger partial charge is 0.151 e. The molecule has 2 rings (SSSR count). The molecule has 3 N–H and O–H groups in total. The van der Waals surface area contributed by atoms with E-state index in [-0.39, 0.29) is 23.7 Å². The van der Waals surface area contributed by atoms with Gasteiger partial charge in [0.2, 0.25) is 0 Å². The van der Waals surface area contributed by atoms with E-state index < -0.39 is 11.6 Å². The van der Waals surface area contributed by atoms with Gasteiger partial charge in [-0.15, -0.1) is 0 Å². The van der Waals surface area contributed by atoms with Crippen molar-refractivity contribution in [3.63, 3.8) is 0 Å². The molecular formula is C13H11F3N2. The molecule has 0 aliphatic heterocycles. The molecule has 0 bridgehead atoms. The van der Waals surface area contributed by atoms with Crippen LogP contribution in [-0.2, 0) is 6.54 Å². The molecule has 0 atom stereocenters. The summed E-state index contributed by atoms with van der Waals surface area (Å²) in [5, 5.41) is 2.71. The molecule has 94 valence electrons. The molecular weight excluding hydrogens is 241 g/mol. The zero-order chi connectivity index (χ0) is 13.1. The van der Waals surface area contributed by atoms with Gasteiger partial charge in [0.1, 0.15) is 11.6 Å². The molecule has 0 unspecified atom stereocenters. The van der Waals surface area contributed by atoms with Crippen LogP contribution in [0.15, 0.2) is 36.4 Å². The number of nitrogens with two attached hydrogens (primary N) is 1. The van der Waals surface area contributed by atoms with Gasteiger partial charge >= 0.3 is 0 Å². The van der Waals surface area contributed by atoms with Gasteiger partial charge in [0.05, 0.1) is 11.4 Å². The highest BCUT2D eigenvalue weighted by Gasteiger charge is 2.08. The van der Waals surface area contributed by atoms with Crippen molar-refractivity contribution < 1.29 is 13.2 Å². The Morgan fingerprint density at radius 1 is 1.00 bits per heavy atom. The van der Waals surface area contributed by atoms with Gasteiger partial charge in [-0.2, -0.15) is 0 Å². The maximum atomic E-state index is 13.3. The molecule has 2 aromatic rings. The van der Waals surface area contributed by atoms with Crippen LogP contribution >= 0.6 is 0 Å². The summed E-state index contributed by atoms with van der Waals surface area (Å²) in [6.07, 6.45) is 0. The molecule has 0 saturated heterocycles.